The molecular formula is C21H24N4O2S. The predicted molar refractivity (Wildman–Crippen MR) is 112 cm³/mol. The minimum atomic E-state index is -0.281. The SMILES string of the molecule is COc1ccc([C@H]2C3=C(CC(C)(C)CC3=O)Nc3nc(SC)nc(N)c32)cc1. The Hall–Kier alpha value is -2.54. The van der Waals surface area contributed by atoms with Gasteiger partial charge in [-0.25, -0.2) is 9.97 Å². The summed E-state index contributed by atoms with van der Waals surface area (Å²) in [6, 6.07) is 7.78. The normalized spacial score (nSPS) is 20.3. The van der Waals surface area contributed by atoms with Crippen molar-refractivity contribution in [3.63, 3.8) is 0 Å². The Labute approximate surface area is 169 Å². The highest BCUT2D eigenvalue weighted by atomic mass is 32.2. The molecule has 1 aromatic carbocycles. The van der Waals surface area contributed by atoms with Crippen LogP contribution < -0.4 is 15.8 Å². The topological polar surface area (TPSA) is 90.1 Å². The summed E-state index contributed by atoms with van der Waals surface area (Å²) in [4.78, 5) is 22.3. The number of anilines is 2. The molecule has 0 fully saturated rings. The summed E-state index contributed by atoms with van der Waals surface area (Å²) in [6.07, 6.45) is 3.22. The van der Waals surface area contributed by atoms with E-state index in [4.69, 9.17) is 10.5 Å². The van der Waals surface area contributed by atoms with Crippen LogP contribution in [0.2, 0.25) is 0 Å². The molecule has 2 heterocycles. The first-order valence-corrected chi connectivity index (χ1v) is 10.4. The summed E-state index contributed by atoms with van der Waals surface area (Å²) in [7, 11) is 1.64. The van der Waals surface area contributed by atoms with Gasteiger partial charge in [0.1, 0.15) is 17.4 Å². The number of nitrogen functional groups attached to an aromatic ring is 1. The molecule has 2 aliphatic rings. The van der Waals surface area contributed by atoms with Gasteiger partial charge in [0.15, 0.2) is 10.9 Å². The molecule has 1 aromatic heterocycles. The van der Waals surface area contributed by atoms with E-state index in [1.807, 2.05) is 30.5 Å². The molecule has 0 spiro atoms. The van der Waals surface area contributed by atoms with Gasteiger partial charge in [0, 0.05) is 29.2 Å². The number of fused-ring (bicyclic) bond motifs is 1. The van der Waals surface area contributed by atoms with Crippen molar-refractivity contribution in [2.75, 3.05) is 24.4 Å². The second kappa shape index (κ2) is 6.81. The van der Waals surface area contributed by atoms with Crippen LogP contribution in [0.25, 0.3) is 0 Å². The summed E-state index contributed by atoms with van der Waals surface area (Å²) < 4.78 is 5.29. The van der Waals surface area contributed by atoms with E-state index in [1.165, 1.54) is 11.8 Å². The number of thioether (sulfide) groups is 1. The fourth-order valence-electron chi connectivity index (χ4n) is 4.13. The lowest BCUT2D eigenvalue weighted by molar-refractivity contribution is -0.118. The number of allylic oxidation sites excluding steroid dienone is 2. The van der Waals surface area contributed by atoms with E-state index in [0.29, 0.717) is 23.2 Å². The molecule has 6 nitrogen and oxygen atoms in total. The van der Waals surface area contributed by atoms with Gasteiger partial charge in [0.05, 0.1) is 7.11 Å². The number of hydrogen-bond donors (Lipinski definition) is 2. The van der Waals surface area contributed by atoms with Crippen LogP contribution in [0.1, 0.15) is 43.7 Å². The van der Waals surface area contributed by atoms with E-state index in [-0.39, 0.29) is 17.1 Å². The molecule has 0 saturated carbocycles. The number of nitrogens with zero attached hydrogens (tertiary/aromatic N) is 2. The van der Waals surface area contributed by atoms with Crippen molar-refractivity contribution in [3.05, 3.63) is 46.7 Å². The van der Waals surface area contributed by atoms with E-state index in [1.54, 1.807) is 7.11 Å². The minimum absolute atomic E-state index is 0.0915. The maximum Gasteiger partial charge on any atom is 0.191 e. The van der Waals surface area contributed by atoms with Gasteiger partial charge in [-0.15, -0.1) is 0 Å². The number of methoxy groups -OCH3 is 1. The van der Waals surface area contributed by atoms with Gasteiger partial charge in [-0.05, 0) is 35.8 Å². The first-order valence-electron chi connectivity index (χ1n) is 9.21. The van der Waals surface area contributed by atoms with E-state index >= 15 is 0 Å². The number of ketones is 1. The van der Waals surface area contributed by atoms with Crippen LogP contribution in [0, 0.1) is 5.41 Å². The third-order valence-corrected chi connectivity index (χ3v) is 5.90. The summed E-state index contributed by atoms with van der Waals surface area (Å²) in [5, 5.41) is 4.03. The van der Waals surface area contributed by atoms with Crippen molar-refractivity contribution in [2.24, 2.45) is 5.41 Å². The highest BCUT2D eigenvalue weighted by Crippen LogP contribution is 2.50. The number of aromatic nitrogens is 2. The van der Waals surface area contributed by atoms with E-state index in [0.717, 1.165) is 34.6 Å². The van der Waals surface area contributed by atoms with Crippen LogP contribution in [0.5, 0.6) is 5.75 Å². The van der Waals surface area contributed by atoms with Gasteiger partial charge < -0.3 is 15.8 Å². The predicted octanol–water partition coefficient (Wildman–Crippen LogP) is 3.99. The molecule has 0 amide bonds. The molecule has 1 aliphatic heterocycles. The number of Topliss-reactive ketones (excluding diaryl/α,β-unsaturated/α-hetero) is 1. The number of carbonyl (C=O) groups excluding carboxylic acids is 1. The van der Waals surface area contributed by atoms with E-state index in [9.17, 15) is 4.79 Å². The van der Waals surface area contributed by atoms with Crippen molar-refractivity contribution in [1.82, 2.24) is 9.97 Å². The molecule has 1 atom stereocenters. The summed E-state index contributed by atoms with van der Waals surface area (Å²) >= 11 is 1.45. The fourth-order valence-corrected chi connectivity index (χ4v) is 4.51. The van der Waals surface area contributed by atoms with Gasteiger partial charge in [-0.1, -0.05) is 37.7 Å². The molecule has 4 rings (SSSR count). The Bertz CT molecular complexity index is 983. The Morgan fingerprint density at radius 2 is 1.93 bits per heavy atom. The molecule has 146 valence electrons. The highest BCUT2D eigenvalue weighted by Gasteiger charge is 2.42. The molecule has 7 heteroatoms. The number of hydrogen-bond acceptors (Lipinski definition) is 7. The molecule has 1 aliphatic carbocycles. The molecule has 0 saturated heterocycles. The lowest BCUT2D eigenvalue weighted by atomic mass is 9.69. The Balaban J connectivity index is 1.94. The van der Waals surface area contributed by atoms with Crippen molar-refractivity contribution in [2.45, 2.75) is 37.8 Å². The molecule has 0 unspecified atom stereocenters. The van der Waals surface area contributed by atoms with Gasteiger partial charge in [0.2, 0.25) is 0 Å². The summed E-state index contributed by atoms with van der Waals surface area (Å²) in [5.74, 6) is 1.74. The minimum Gasteiger partial charge on any atom is -0.497 e. The van der Waals surface area contributed by atoms with Crippen LogP contribution in [0.15, 0.2) is 40.7 Å². The zero-order chi connectivity index (χ0) is 20.1. The Morgan fingerprint density at radius 1 is 1.21 bits per heavy atom. The average molecular weight is 397 g/mol. The summed E-state index contributed by atoms with van der Waals surface area (Å²) in [6.45, 7) is 4.24. The summed E-state index contributed by atoms with van der Waals surface area (Å²) in [5.41, 5.74) is 9.75. The maximum atomic E-state index is 13.2. The molecule has 0 radical (unpaired) electrons. The van der Waals surface area contributed by atoms with Gasteiger partial charge >= 0.3 is 0 Å². The number of carbonyl (C=O) groups is 1. The molecule has 3 N–H and O–H groups in total. The lowest BCUT2D eigenvalue weighted by Crippen LogP contribution is -2.34. The average Bonchev–Trinajstić information content (AvgIpc) is 2.65. The zero-order valence-corrected chi connectivity index (χ0v) is 17.3. The maximum absolute atomic E-state index is 13.2. The molecule has 0 bridgehead atoms. The van der Waals surface area contributed by atoms with Gasteiger partial charge in [0.25, 0.3) is 0 Å². The Kier molecular flexibility index (Phi) is 4.57. The third kappa shape index (κ3) is 3.13. The zero-order valence-electron chi connectivity index (χ0n) is 16.5. The van der Waals surface area contributed by atoms with E-state index < -0.39 is 0 Å². The lowest BCUT2D eigenvalue weighted by Gasteiger charge is -2.39. The van der Waals surface area contributed by atoms with Crippen molar-refractivity contribution in [3.8, 4) is 5.75 Å². The van der Waals surface area contributed by atoms with Crippen molar-refractivity contribution < 1.29 is 9.53 Å². The number of nitrogens with one attached hydrogen (secondary N) is 1. The molecular weight excluding hydrogens is 372 g/mol. The second-order valence-electron chi connectivity index (χ2n) is 8.02. The van der Waals surface area contributed by atoms with Crippen LogP contribution in [-0.2, 0) is 4.79 Å². The van der Waals surface area contributed by atoms with Gasteiger partial charge in [-0.3, -0.25) is 4.79 Å². The number of rotatable bonds is 3. The molecule has 28 heavy (non-hydrogen) atoms. The Morgan fingerprint density at radius 3 is 2.57 bits per heavy atom. The van der Waals surface area contributed by atoms with Crippen LogP contribution in [-0.4, -0.2) is 29.1 Å². The third-order valence-electron chi connectivity index (χ3n) is 5.35. The highest BCUT2D eigenvalue weighted by molar-refractivity contribution is 7.98. The smallest absolute Gasteiger partial charge is 0.191 e. The first kappa shape index (κ1) is 18.8. The molecule has 2 aromatic rings. The number of ether oxygens (including phenoxy) is 1. The van der Waals surface area contributed by atoms with Crippen molar-refractivity contribution >= 4 is 29.2 Å². The van der Waals surface area contributed by atoms with Crippen LogP contribution in [0.4, 0.5) is 11.6 Å². The standard InChI is InChI=1S/C21H24N4O2S/c1-21(2)9-13-16(14(26)10-21)15(11-5-7-12(27-3)8-6-11)17-18(22)24-20(28-4)25-19(17)23-13/h5-8,15H,9-10H2,1-4H3,(H3,22,23,24,25)/t15-/m0/s1. The first-order chi connectivity index (χ1) is 13.3. The van der Waals surface area contributed by atoms with E-state index in [2.05, 4.69) is 29.1 Å². The second-order valence-corrected chi connectivity index (χ2v) is 8.80. The number of nitrogens with two attached hydrogens (primary N) is 1. The quantitative estimate of drug-likeness (QED) is 0.599. The fraction of sp³-hybridized carbons (Fsp3) is 0.381. The van der Waals surface area contributed by atoms with Crippen molar-refractivity contribution in [1.29, 1.82) is 0 Å². The van der Waals surface area contributed by atoms with Crippen LogP contribution >= 0.6 is 11.8 Å². The van der Waals surface area contributed by atoms with Gasteiger partial charge in [-0.2, -0.15) is 0 Å². The monoisotopic (exact) mass is 396 g/mol. The number of benzene rings is 1. The largest absolute Gasteiger partial charge is 0.497 e. The van der Waals surface area contributed by atoms with Crippen LogP contribution in [0.3, 0.4) is 0 Å².